The molecular weight excluding hydrogens is 202 g/mol. The van der Waals surface area contributed by atoms with Crippen LogP contribution >= 0.6 is 0 Å². The molecule has 1 heterocycles. The Balaban J connectivity index is 2.37. The minimum atomic E-state index is 0.277. The van der Waals surface area contributed by atoms with Crippen molar-refractivity contribution in [2.24, 2.45) is 5.41 Å². The van der Waals surface area contributed by atoms with Crippen molar-refractivity contribution in [3.05, 3.63) is 23.8 Å². The van der Waals surface area contributed by atoms with Gasteiger partial charge in [-0.15, -0.1) is 0 Å². The molecular formula is C13H19NO2. The molecule has 1 aromatic rings. The molecule has 1 aromatic carbocycles. The van der Waals surface area contributed by atoms with E-state index < -0.39 is 0 Å². The topological polar surface area (TPSA) is 30.5 Å². The fourth-order valence-corrected chi connectivity index (χ4v) is 2.21. The average molecular weight is 221 g/mol. The summed E-state index contributed by atoms with van der Waals surface area (Å²) in [6, 6.07) is 6.29. The summed E-state index contributed by atoms with van der Waals surface area (Å²) < 4.78 is 10.7. The SMILES string of the molecule is COc1ccc(OC)c(C2NCC2(C)C)c1. The molecule has 0 saturated carbocycles. The Kier molecular flexibility index (Phi) is 2.80. The summed E-state index contributed by atoms with van der Waals surface area (Å²) >= 11 is 0. The summed E-state index contributed by atoms with van der Waals surface area (Å²) in [7, 11) is 3.39. The molecule has 1 atom stereocenters. The molecule has 1 fully saturated rings. The van der Waals surface area contributed by atoms with Crippen LogP contribution < -0.4 is 14.8 Å². The molecule has 0 amide bonds. The van der Waals surface area contributed by atoms with Crippen LogP contribution in [0, 0.1) is 5.41 Å². The predicted molar refractivity (Wildman–Crippen MR) is 64.1 cm³/mol. The zero-order valence-corrected chi connectivity index (χ0v) is 10.3. The van der Waals surface area contributed by atoms with Gasteiger partial charge in [0.2, 0.25) is 0 Å². The number of methoxy groups -OCH3 is 2. The van der Waals surface area contributed by atoms with Crippen LogP contribution in [0.4, 0.5) is 0 Å². The van der Waals surface area contributed by atoms with Gasteiger partial charge in [0.25, 0.3) is 0 Å². The highest BCUT2D eigenvalue weighted by Crippen LogP contribution is 2.44. The van der Waals surface area contributed by atoms with E-state index in [0.717, 1.165) is 18.0 Å². The van der Waals surface area contributed by atoms with E-state index in [0.29, 0.717) is 6.04 Å². The Hall–Kier alpha value is -1.22. The normalized spacial score (nSPS) is 22.4. The highest BCUT2D eigenvalue weighted by Gasteiger charge is 2.40. The van der Waals surface area contributed by atoms with E-state index in [4.69, 9.17) is 9.47 Å². The molecule has 88 valence electrons. The monoisotopic (exact) mass is 221 g/mol. The first-order valence-electron chi connectivity index (χ1n) is 5.54. The van der Waals surface area contributed by atoms with E-state index in [1.807, 2.05) is 12.1 Å². The largest absolute Gasteiger partial charge is 0.497 e. The third kappa shape index (κ3) is 1.76. The maximum Gasteiger partial charge on any atom is 0.123 e. The van der Waals surface area contributed by atoms with Crippen LogP contribution in [0.5, 0.6) is 11.5 Å². The minimum absolute atomic E-state index is 0.277. The van der Waals surface area contributed by atoms with E-state index in [1.165, 1.54) is 5.56 Å². The second-order valence-electron chi connectivity index (χ2n) is 4.91. The van der Waals surface area contributed by atoms with Crippen LogP contribution in [-0.2, 0) is 0 Å². The van der Waals surface area contributed by atoms with Gasteiger partial charge in [0.1, 0.15) is 11.5 Å². The van der Waals surface area contributed by atoms with E-state index in [9.17, 15) is 0 Å². The first-order valence-corrected chi connectivity index (χ1v) is 5.54. The second kappa shape index (κ2) is 3.98. The van der Waals surface area contributed by atoms with Crippen LogP contribution in [0.15, 0.2) is 18.2 Å². The third-order valence-electron chi connectivity index (χ3n) is 3.29. The van der Waals surface area contributed by atoms with Gasteiger partial charge in [0, 0.05) is 18.2 Å². The molecule has 0 bridgehead atoms. The van der Waals surface area contributed by atoms with Gasteiger partial charge < -0.3 is 14.8 Å². The lowest BCUT2D eigenvalue weighted by Crippen LogP contribution is -2.52. The molecule has 1 aliphatic heterocycles. The maximum atomic E-state index is 5.40. The highest BCUT2D eigenvalue weighted by atomic mass is 16.5. The maximum absolute atomic E-state index is 5.40. The summed E-state index contributed by atoms with van der Waals surface area (Å²) in [5.41, 5.74) is 1.46. The minimum Gasteiger partial charge on any atom is -0.497 e. The summed E-state index contributed by atoms with van der Waals surface area (Å²) in [5.74, 6) is 1.80. The molecule has 1 N–H and O–H groups in total. The van der Waals surface area contributed by atoms with Crippen molar-refractivity contribution < 1.29 is 9.47 Å². The van der Waals surface area contributed by atoms with Crippen LogP contribution in [0.3, 0.4) is 0 Å². The zero-order valence-electron chi connectivity index (χ0n) is 10.3. The van der Waals surface area contributed by atoms with Gasteiger partial charge in [0.05, 0.1) is 14.2 Å². The number of benzene rings is 1. The molecule has 3 heteroatoms. The Labute approximate surface area is 96.8 Å². The molecule has 3 nitrogen and oxygen atoms in total. The van der Waals surface area contributed by atoms with Gasteiger partial charge in [-0.2, -0.15) is 0 Å². The summed E-state index contributed by atoms with van der Waals surface area (Å²) in [6.45, 7) is 5.55. The van der Waals surface area contributed by atoms with Crippen LogP contribution in [0.1, 0.15) is 25.5 Å². The number of hydrogen-bond acceptors (Lipinski definition) is 3. The molecule has 0 radical (unpaired) electrons. The Morgan fingerprint density at radius 2 is 2.00 bits per heavy atom. The van der Waals surface area contributed by atoms with Crippen molar-refractivity contribution in [3.63, 3.8) is 0 Å². The van der Waals surface area contributed by atoms with Crippen LogP contribution in [-0.4, -0.2) is 20.8 Å². The predicted octanol–water partition coefficient (Wildman–Crippen LogP) is 2.37. The Bertz CT molecular complexity index is 388. The summed E-state index contributed by atoms with van der Waals surface area (Å²) in [6.07, 6.45) is 0. The van der Waals surface area contributed by atoms with Crippen molar-refractivity contribution in [2.75, 3.05) is 20.8 Å². The zero-order chi connectivity index (χ0) is 11.8. The molecule has 2 rings (SSSR count). The molecule has 1 saturated heterocycles. The van der Waals surface area contributed by atoms with Crippen molar-refractivity contribution in [1.82, 2.24) is 5.32 Å². The number of nitrogens with one attached hydrogen (secondary N) is 1. The second-order valence-corrected chi connectivity index (χ2v) is 4.91. The first-order chi connectivity index (χ1) is 7.58. The quantitative estimate of drug-likeness (QED) is 0.850. The fourth-order valence-electron chi connectivity index (χ4n) is 2.21. The Morgan fingerprint density at radius 3 is 2.44 bits per heavy atom. The van der Waals surface area contributed by atoms with E-state index in [1.54, 1.807) is 14.2 Å². The van der Waals surface area contributed by atoms with Gasteiger partial charge in [-0.1, -0.05) is 13.8 Å². The lowest BCUT2D eigenvalue weighted by atomic mass is 9.73. The molecule has 1 aliphatic rings. The van der Waals surface area contributed by atoms with Crippen LogP contribution in [0.25, 0.3) is 0 Å². The van der Waals surface area contributed by atoms with Gasteiger partial charge in [-0.25, -0.2) is 0 Å². The van der Waals surface area contributed by atoms with E-state index in [-0.39, 0.29) is 5.41 Å². The smallest absolute Gasteiger partial charge is 0.123 e. The fraction of sp³-hybridized carbons (Fsp3) is 0.538. The van der Waals surface area contributed by atoms with Crippen molar-refractivity contribution in [1.29, 1.82) is 0 Å². The van der Waals surface area contributed by atoms with Crippen molar-refractivity contribution >= 4 is 0 Å². The molecule has 0 aliphatic carbocycles. The van der Waals surface area contributed by atoms with Gasteiger partial charge >= 0.3 is 0 Å². The van der Waals surface area contributed by atoms with Gasteiger partial charge in [0.15, 0.2) is 0 Å². The molecule has 0 spiro atoms. The molecule has 16 heavy (non-hydrogen) atoms. The van der Waals surface area contributed by atoms with Crippen molar-refractivity contribution in [3.8, 4) is 11.5 Å². The van der Waals surface area contributed by atoms with E-state index in [2.05, 4.69) is 25.2 Å². The Morgan fingerprint density at radius 1 is 1.25 bits per heavy atom. The van der Waals surface area contributed by atoms with Crippen LogP contribution in [0.2, 0.25) is 0 Å². The van der Waals surface area contributed by atoms with E-state index >= 15 is 0 Å². The van der Waals surface area contributed by atoms with Crippen molar-refractivity contribution in [2.45, 2.75) is 19.9 Å². The first kappa shape index (κ1) is 11.3. The number of rotatable bonds is 3. The highest BCUT2D eigenvalue weighted by molar-refractivity contribution is 5.44. The number of hydrogen-bond donors (Lipinski definition) is 1. The standard InChI is InChI=1S/C13H19NO2/c1-13(2)8-14-12(13)10-7-9(15-3)5-6-11(10)16-4/h5-7,12,14H,8H2,1-4H3. The summed E-state index contributed by atoms with van der Waals surface area (Å²) in [5, 5.41) is 3.44. The van der Waals surface area contributed by atoms with Gasteiger partial charge in [-0.3, -0.25) is 0 Å². The lowest BCUT2D eigenvalue weighted by Gasteiger charge is -2.46. The number of ether oxygens (including phenoxy) is 2. The van der Waals surface area contributed by atoms with Gasteiger partial charge in [-0.05, 0) is 23.6 Å². The summed E-state index contributed by atoms with van der Waals surface area (Å²) in [4.78, 5) is 0. The third-order valence-corrected chi connectivity index (χ3v) is 3.29. The lowest BCUT2D eigenvalue weighted by molar-refractivity contribution is 0.125. The molecule has 0 aromatic heterocycles. The molecule has 1 unspecified atom stereocenters. The average Bonchev–Trinajstić information content (AvgIpc) is 2.27.